The highest BCUT2D eigenvalue weighted by molar-refractivity contribution is 7.80. The van der Waals surface area contributed by atoms with E-state index in [2.05, 4.69) is 11.2 Å². The molecule has 0 aromatic rings. The van der Waals surface area contributed by atoms with Crippen LogP contribution in [0.15, 0.2) is 0 Å². The summed E-state index contributed by atoms with van der Waals surface area (Å²) in [6.45, 7) is 0.870. The minimum atomic E-state index is 0.400. The van der Waals surface area contributed by atoms with Crippen molar-refractivity contribution in [3.63, 3.8) is 0 Å². The van der Waals surface area contributed by atoms with E-state index in [-0.39, 0.29) is 0 Å². The van der Waals surface area contributed by atoms with Crippen LogP contribution < -0.4 is 5.32 Å². The van der Waals surface area contributed by atoms with Crippen molar-refractivity contribution in [1.29, 1.82) is 0 Å². The lowest BCUT2D eigenvalue weighted by Gasteiger charge is -2.19. The van der Waals surface area contributed by atoms with Gasteiger partial charge in [0.05, 0.1) is 4.99 Å². The summed E-state index contributed by atoms with van der Waals surface area (Å²) in [5, 5.41) is 3.07. The Kier molecular flexibility index (Phi) is 2.07. The number of hydrogen-bond acceptors (Lipinski definition) is 1. The molecule has 1 N–H and O–H groups in total. The topological polar surface area (TPSA) is 12.0 Å². The Morgan fingerprint density at radius 3 is 3.00 bits per heavy atom. The van der Waals surface area contributed by atoms with Crippen LogP contribution in [-0.4, -0.2) is 11.5 Å². The molecule has 1 saturated heterocycles. The van der Waals surface area contributed by atoms with Crippen molar-refractivity contribution in [2.75, 3.05) is 6.54 Å². The molecule has 0 amide bonds. The molecule has 0 radical (unpaired) electrons. The van der Waals surface area contributed by atoms with Gasteiger partial charge < -0.3 is 5.32 Å². The molecule has 0 saturated carbocycles. The highest BCUT2D eigenvalue weighted by Gasteiger charge is 2.11. The summed E-state index contributed by atoms with van der Waals surface area (Å²) in [6.07, 6.45) is 7.24. The normalized spacial score (nSPS) is 26.6. The summed E-state index contributed by atoms with van der Waals surface area (Å²) in [5.74, 6) is 3.10. The number of nitrogens with one attached hydrogen (secondary N) is 1. The molecule has 0 spiro atoms. The van der Waals surface area contributed by atoms with E-state index in [1.54, 1.807) is 0 Å². The zero-order chi connectivity index (χ0) is 6.69. The maximum atomic E-state index is 5.22. The molecule has 1 atom stereocenters. The number of rotatable bonds is 0. The van der Waals surface area contributed by atoms with Gasteiger partial charge in [-0.1, -0.05) is 12.2 Å². The van der Waals surface area contributed by atoms with Gasteiger partial charge in [-0.3, -0.25) is 0 Å². The molecule has 48 valence electrons. The highest BCUT2D eigenvalue weighted by Crippen LogP contribution is 2.09. The number of piperidine rings is 1. The molecule has 0 aromatic heterocycles. The predicted molar refractivity (Wildman–Crippen MR) is 42.2 cm³/mol. The van der Waals surface area contributed by atoms with Crippen LogP contribution in [0.5, 0.6) is 0 Å². The Bertz CT molecular complexity index is 147. The first-order valence-electron chi connectivity index (χ1n) is 3.06. The van der Waals surface area contributed by atoms with Gasteiger partial charge in [0, 0.05) is 12.5 Å². The van der Waals surface area contributed by atoms with E-state index in [1.807, 2.05) is 0 Å². The number of thiocarbonyl (C=S) groups is 1. The van der Waals surface area contributed by atoms with Crippen LogP contribution in [0.1, 0.15) is 12.8 Å². The minimum absolute atomic E-state index is 0.400. The molecule has 1 aliphatic heterocycles. The number of hydrogen-bond donors (Lipinski definition) is 1. The first-order valence-corrected chi connectivity index (χ1v) is 3.46. The van der Waals surface area contributed by atoms with Crippen molar-refractivity contribution in [2.45, 2.75) is 12.8 Å². The van der Waals surface area contributed by atoms with E-state index in [1.165, 1.54) is 0 Å². The second-order valence-corrected chi connectivity index (χ2v) is 2.70. The van der Waals surface area contributed by atoms with Crippen LogP contribution in [0.25, 0.3) is 0 Å². The van der Waals surface area contributed by atoms with Crippen LogP contribution in [0.4, 0.5) is 0 Å². The Labute approximate surface area is 60.8 Å². The molecule has 1 rings (SSSR count). The monoisotopic (exact) mass is 139 g/mol. The molecular formula is C7H9NS. The first-order chi connectivity index (χ1) is 4.33. The molecule has 1 aliphatic rings. The van der Waals surface area contributed by atoms with Crippen LogP contribution >= 0.6 is 12.2 Å². The van der Waals surface area contributed by atoms with Crippen molar-refractivity contribution < 1.29 is 0 Å². The Morgan fingerprint density at radius 2 is 2.56 bits per heavy atom. The summed E-state index contributed by atoms with van der Waals surface area (Å²) in [5.41, 5.74) is 0. The van der Waals surface area contributed by atoms with Crippen molar-refractivity contribution in [3.05, 3.63) is 0 Å². The first kappa shape index (κ1) is 6.57. The Balaban J connectivity index is 2.37. The quantitative estimate of drug-likeness (QED) is 0.396. The molecule has 1 unspecified atom stereocenters. The van der Waals surface area contributed by atoms with E-state index >= 15 is 0 Å². The lowest BCUT2D eigenvalue weighted by Crippen LogP contribution is -2.32. The van der Waals surface area contributed by atoms with E-state index in [0.717, 1.165) is 24.4 Å². The summed E-state index contributed by atoms with van der Waals surface area (Å²) >= 11 is 4.93. The fraction of sp³-hybridized carbons (Fsp3) is 0.571. The van der Waals surface area contributed by atoms with E-state index in [0.29, 0.717) is 5.92 Å². The van der Waals surface area contributed by atoms with Gasteiger partial charge in [0.1, 0.15) is 0 Å². The molecule has 0 aliphatic carbocycles. The second-order valence-electron chi connectivity index (χ2n) is 2.21. The maximum absolute atomic E-state index is 5.22. The van der Waals surface area contributed by atoms with E-state index in [9.17, 15) is 0 Å². The lowest BCUT2D eigenvalue weighted by molar-refractivity contribution is 0.569. The SMILES string of the molecule is C#CC1CCC(=S)NC1. The van der Waals surface area contributed by atoms with Crippen LogP contribution in [0.2, 0.25) is 0 Å². The molecule has 9 heavy (non-hydrogen) atoms. The van der Waals surface area contributed by atoms with Crippen LogP contribution in [-0.2, 0) is 0 Å². The van der Waals surface area contributed by atoms with E-state index in [4.69, 9.17) is 18.6 Å². The average Bonchev–Trinajstić information content (AvgIpc) is 1.90. The smallest absolute Gasteiger partial charge is 0.0754 e. The van der Waals surface area contributed by atoms with Crippen molar-refractivity contribution in [3.8, 4) is 12.3 Å². The summed E-state index contributed by atoms with van der Waals surface area (Å²) in [4.78, 5) is 0.960. The van der Waals surface area contributed by atoms with E-state index < -0.39 is 0 Å². The maximum Gasteiger partial charge on any atom is 0.0754 e. The van der Waals surface area contributed by atoms with Crippen molar-refractivity contribution >= 4 is 17.2 Å². The molecule has 0 aromatic carbocycles. The van der Waals surface area contributed by atoms with Gasteiger partial charge >= 0.3 is 0 Å². The molecule has 1 fully saturated rings. The molecular weight excluding hydrogens is 130 g/mol. The van der Waals surface area contributed by atoms with Gasteiger partial charge in [0.15, 0.2) is 0 Å². The van der Waals surface area contributed by atoms with Crippen LogP contribution in [0.3, 0.4) is 0 Å². The standard InChI is InChI=1S/C7H9NS/c1-2-6-3-4-7(9)8-5-6/h1,6H,3-5H2,(H,8,9). The van der Waals surface area contributed by atoms with Gasteiger partial charge in [-0.05, 0) is 12.8 Å². The largest absolute Gasteiger partial charge is 0.378 e. The third-order valence-corrected chi connectivity index (χ3v) is 1.85. The third kappa shape index (κ3) is 1.69. The molecule has 1 heterocycles. The summed E-state index contributed by atoms with van der Waals surface area (Å²) in [7, 11) is 0. The third-order valence-electron chi connectivity index (χ3n) is 1.50. The van der Waals surface area contributed by atoms with Gasteiger partial charge in [0.25, 0.3) is 0 Å². The Morgan fingerprint density at radius 1 is 1.78 bits per heavy atom. The van der Waals surface area contributed by atoms with Crippen LogP contribution in [0, 0.1) is 18.3 Å². The fourth-order valence-corrected chi connectivity index (χ4v) is 1.08. The average molecular weight is 139 g/mol. The second kappa shape index (κ2) is 2.84. The zero-order valence-corrected chi connectivity index (χ0v) is 6.00. The van der Waals surface area contributed by atoms with Gasteiger partial charge in [0.2, 0.25) is 0 Å². The zero-order valence-electron chi connectivity index (χ0n) is 5.18. The minimum Gasteiger partial charge on any atom is -0.378 e. The van der Waals surface area contributed by atoms with Gasteiger partial charge in [-0.25, -0.2) is 0 Å². The number of terminal acetylenes is 1. The molecule has 0 bridgehead atoms. The fourth-order valence-electron chi connectivity index (χ4n) is 0.875. The van der Waals surface area contributed by atoms with Gasteiger partial charge in [-0.15, -0.1) is 12.3 Å². The van der Waals surface area contributed by atoms with Crippen molar-refractivity contribution in [2.24, 2.45) is 5.92 Å². The highest BCUT2D eigenvalue weighted by atomic mass is 32.1. The predicted octanol–water partition coefficient (Wildman–Crippen LogP) is 0.947. The Hall–Kier alpha value is -0.550. The summed E-state index contributed by atoms with van der Waals surface area (Å²) in [6, 6.07) is 0. The molecule has 2 heteroatoms. The molecule has 1 nitrogen and oxygen atoms in total. The van der Waals surface area contributed by atoms with Crippen molar-refractivity contribution in [1.82, 2.24) is 5.32 Å². The summed E-state index contributed by atoms with van der Waals surface area (Å²) < 4.78 is 0. The van der Waals surface area contributed by atoms with Gasteiger partial charge in [-0.2, -0.15) is 0 Å². The lowest BCUT2D eigenvalue weighted by atomic mass is 10.0.